The van der Waals surface area contributed by atoms with Gasteiger partial charge in [0.1, 0.15) is 0 Å². The number of piperidine rings is 1. The predicted octanol–water partition coefficient (Wildman–Crippen LogP) is 2.44. The van der Waals surface area contributed by atoms with Crippen molar-refractivity contribution < 1.29 is 14.4 Å². The second-order valence-corrected chi connectivity index (χ2v) is 7.09. The second kappa shape index (κ2) is 7.17. The standard InChI is InChI=1S/C18H25N3O4/c22-21(23)17-13-15(1-4-18(17)25-16-2-3-16)19-7-5-14(6-8-19)20-9-11-24-12-10-20/h1,4,13-14,16H,2-3,5-12H2. The molecule has 3 fully saturated rings. The van der Waals surface area contributed by atoms with Crippen LogP contribution in [0.2, 0.25) is 0 Å². The molecular weight excluding hydrogens is 322 g/mol. The second-order valence-electron chi connectivity index (χ2n) is 7.09. The number of benzene rings is 1. The summed E-state index contributed by atoms with van der Waals surface area (Å²) in [6.45, 7) is 5.56. The van der Waals surface area contributed by atoms with Crippen LogP contribution in [0.25, 0.3) is 0 Å². The number of hydrogen-bond acceptors (Lipinski definition) is 6. The highest BCUT2D eigenvalue weighted by atomic mass is 16.6. The summed E-state index contributed by atoms with van der Waals surface area (Å²) in [6, 6.07) is 6.00. The normalized spacial score (nSPS) is 22.8. The molecule has 2 heterocycles. The minimum atomic E-state index is -0.332. The van der Waals surface area contributed by atoms with Crippen LogP contribution in [0.5, 0.6) is 5.75 Å². The molecule has 2 aliphatic heterocycles. The molecule has 2 saturated heterocycles. The third-order valence-corrected chi connectivity index (χ3v) is 5.35. The van der Waals surface area contributed by atoms with Crippen LogP contribution in [0.15, 0.2) is 18.2 Å². The van der Waals surface area contributed by atoms with Crippen LogP contribution in [-0.4, -0.2) is 61.4 Å². The van der Waals surface area contributed by atoms with E-state index in [9.17, 15) is 10.1 Å². The van der Waals surface area contributed by atoms with Crippen LogP contribution < -0.4 is 9.64 Å². The van der Waals surface area contributed by atoms with Gasteiger partial charge in [-0.15, -0.1) is 0 Å². The van der Waals surface area contributed by atoms with Gasteiger partial charge >= 0.3 is 5.69 Å². The van der Waals surface area contributed by atoms with Gasteiger partial charge in [-0.1, -0.05) is 0 Å². The minimum Gasteiger partial charge on any atom is -0.483 e. The molecule has 0 unspecified atom stereocenters. The minimum absolute atomic E-state index is 0.0831. The summed E-state index contributed by atoms with van der Waals surface area (Å²) in [5.74, 6) is 0.402. The Hall–Kier alpha value is -1.86. The molecule has 1 saturated carbocycles. The van der Waals surface area contributed by atoms with E-state index in [1.165, 1.54) is 0 Å². The molecule has 0 spiro atoms. The zero-order valence-corrected chi connectivity index (χ0v) is 14.4. The van der Waals surface area contributed by atoms with Crippen molar-refractivity contribution in [3.63, 3.8) is 0 Å². The highest BCUT2D eigenvalue weighted by Crippen LogP contribution is 2.36. The molecule has 136 valence electrons. The lowest BCUT2D eigenvalue weighted by molar-refractivity contribution is -0.385. The van der Waals surface area contributed by atoms with E-state index in [4.69, 9.17) is 9.47 Å². The van der Waals surface area contributed by atoms with Crippen LogP contribution in [-0.2, 0) is 4.74 Å². The van der Waals surface area contributed by atoms with Gasteiger partial charge in [-0.3, -0.25) is 15.0 Å². The summed E-state index contributed by atoms with van der Waals surface area (Å²) in [4.78, 5) is 15.9. The fraction of sp³-hybridized carbons (Fsp3) is 0.667. The Bertz CT molecular complexity index is 621. The third kappa shape index (κ3) is 3.88. The van der Waals surface area contributed by atoms with Gasteiger partial charge in [0.15, 0.2) is 5.75 Å². The first-order chi connectivity index (χ1) is 12.2. The van der Waals surface area contributed by atoms with E-state index in [0.717, 1.165) is 70.8 Å². The Kier molecular flexibility index (Phi) is 4.76. The van der Waals surface area contributed by atoms with E-state index in [1.807, 2.05) is 6.07 Å². The van der Waals surface area contributed by atoms with E-state index in [-0.39, 0.29) is 16.7 Å². The lowest BCUT2D eigenvalue weighted by Gasteiger charge is -2.40. The highest BCUT2D eigenvalue weighted by Gasteiger charge is 2.29. The number of morpholine rings is 1. The Morgan fingerprint density at radius 2 is 1.80 bits per heavy atom. The maximum atomic E-state index is 11.4. The summed E-state index contributed by atoms with van der Waals surface area (Å²) >= 11 is 0. The van der Waals surface area contributed by atoms with E-state index in [0.29, 0.717) is 11.8 Å². The van der Waals surface area contributed by atoms with Crippen molar-refractivity contribution in [1.29, 1.82) is 0 Å². The van der Waals surface area contributed by atoms with Crippen LogP contribution in [0.1, 0.15) is 25.7 Å². The monoisotopic (exact) mass is 347 g/mol. The van der Waals surface area contributed by atoms with Gasteiger partial charge in [-0.2, -0.15) is 0 Å². The quantitative estimate of drug-likeness (QED) is 0.602. The molecule has 1 aromatic rings. The first-order valence-electron chi connectivity index (χ1n) is 9.22. The summed E-state index contributed by atoms with van der Waals surface area (Å²) < 4.78 is 11.1. The number of nitro groups is 1. The number of rotatable bonds is 5. The van der Waals surface area contributed by atoms with Crippen molar-refractivity contribution in [3.05, 3.63) is 28.3 Å². The van der Waals surface area contributed by atoms with Gasteiger partial charge < -0.3 is 14.4 Å². The van der Waals surface area contributed by atoms with Gasteiger partial charge in [-0.05, 0) is 37.8 Å². The van der Waals surface area contributed by atoms with E-state index < -0.39 is 0 Å². The van der Waals surface area contributed by atoms with Crippen molar-refractivity contribution in [3.8, 4) is 5.75 Å². The average Bonchev–Trinajstić information content (AvgIpc) is 3.47. The van der Waals surface area contributed by atoms with Crippen molar-refractivity contribution >= 4 is 11.4 Å². The SMILES string of the molecule is O=[N+]([O-])c1cc(N2CCC(N3CCOCC3)CC2)ccc1OC1CC1. The van der Waals surface area contributed by atoms with Gasteiger partial charge in [0, 0.05) is 44.0 Å². The van der Waals surface area contributed by atoms with Gasteiger partial charge in [-0.25, -0.2) is 0 Å². The molecule has 3 aliphatic rings. The predicted molar refractivity (Wildman–Crippen MR) is 94.4 cm³/mol. The molecule has 1 aliphatic carbocycles. The van der Waals surface area contributed by atoms with Crippen molar-refractivity contribution in [2.75, 3.05) is 44.3 Å². The number of ether oxygens (including phenoxy) is 2. The molecule has 0 bridgehead atoms. The van der Waals surface area contributed by atoms with Crippen LogP contribution >= 0.6 is 0 Å². The molecule has 0 radical (unpaired) electrons. The molecule has 7 heteroatoms. The molecule has 25 heavy (non-hydrogen) atoms. The largest absolute Gasteiger partial charge is 0.483 e. The van der Waals surface area contributed by atoms with Crippen molar-refractivity contribution in [2.45, 2.75) is 37.8 Å². The van der Waals surface area contributed by atoms with Crippen LogP contribution in [0.3, 0.4) is 0 Å². The fourth-order valence-electron chi connectivity index (χ4n) is 3.74. The zero-order chi connectivity index (χ0) is 17.2. The van der Waals surface area contributed by atoms with E-state index in [1.54, 1.807) is 12.1 Å². The molecule has 0 N–H and O–H groups in total. The lowest BCUT2D eigenvalue weighted by atomic mass is 10.0. The number of anilines is 1. The number of nitro benzene ring substituents is 1. The Balaban J connectivity index is 1.41. The van der Waals surface area contributed by atoms with Crippen LogP contribution in [0.4, 0.5) is 11.4 Å². The maximum Gasteiger partial charge on any atom is 0.312 e. The number of hydrogen-bond donors (Lipinski definition) is 0. The average molecular weight is 347 g/mol. The maximum absolute atomic E-state index is 11.4. The Morgan fingerprint density at radius 1 is 1.08 bits per heavy atom. The topological polar surface area (TPSA) is 68.1 Å². The third-order valence-electron chi connectivity index (χ3n) is 5.35. The molecule has 4 rings (SSSR count). The molecule has 7 nitrogen and oxygen atoms in total. The molecule has 0 atom stereocenters. The van der Waals surface area contributed by atoms with Crippen LogP contribution in [0, 0.1) is 10.1 Å². The van der Waals surface area contributed by atoms with Gasteiger partial charge in [0.25, 0.3) is 0 Å². The first kappa shape index (κ1) is 16.6. The van der Waals surface area contributed by atoms with Gasteiger partial charge in [0.2, 0.25) is 0 Å². The lowest BCUT2D eigenvalue weighted by Crippen LogP contribution is -2.49. The van der Waals surface area contributed by atoms with E-state index in [2.05, 4.69) is 9.80 Å². The van der Waals surface area contributed by atoms with Crippen molar-refractivity contribution in [1.82, 2.24) is 4.90 Å². The highest BCUT2D eigenvalue weighted by molar-refractivity contribution is 5.60. The molecule has 0 amide bonds. The number of nitrogens with zero attached hydrogens (tertiary/aromatic N) is 3. The summed E-state index contributed by atoms with van der Waals surface area (Å²) in [7, 11) is 0. The Morgan fingerprint density at radius 3 is 2.44 bits per heavy atom. The van der Waals surface area contributed by atoms with E-state index >= 15 is 0 Å². The molecular formula is C18H25N3O4. The Labute approximate surface area is 147 Å². The molecule has 0 aromatic heterocycles. The molecule has 1 aromatic carbocycles. The summed E-state index contributed by atoms with van der Waals surface area (Å²) in [6.07, 6.45) is 4.33. The van der Waals surface area contributed by atoms with Crippen molar-refractivity contribution in [2.24, 2.45) is 0 Å². The smallest absolute Gasteiger partial charge is 0.312 e. The summed E-state index contributed by atoms with van der Waals surface area (Å²) in [5.41, 5.74) is 1.01. The zero-order valence-electron chi connectivity index (χ0n) is 14.4. The van der Waals surface area contributed by atoms with Gasteiger partial charge in [0.05, 0.1) is 24.2 Å². The fourth-order valence-corrected chi connectivity index (χ4v) is 3.74. The first-order valence-corrected chi connectivity index (χ1v) is 9.22. The summed E-state index contributed by atoms with van der Waals surface area (Å²) in [5, 5.41) is 11.4.